The van der Waals surface area contributed by atoms with Gasteiger partial charge in [-0.1, -0.05) is 12.2 Å². The van der Waals surface area contributed by atoms with Crippen molar-refractivity contribution in [3.63, 3.8) is 0 Å². The van der Waals surface area contributed by atoms with Crippen molar-refractivity contribution in [3.8, 4) is 0 Å². The normalized spacial score (nSPS) is 10.4. The molecule has 0 atom stereocenters. The Morgan fingerprint density at radius 1 is 1.47 bits per heavy atom. The van der Waals surface area contributed by atoms with Gasteiger partial charge >= 0.3 is 0 Å². The molecule has 0 aliphatic carbocycles. The minimum Gasteiger partial charge on any atom is -0.389 e. The number of carbonyl (C=O) groups excluding carboxylic acids is 1. The Morgan fingerprint density at radius 3 is 2.63 bits per heavy atom. The van der Waals surface area contributed by atoms with Gasteiger partial charge in [0.2, 0.25) is 5.91 Å². The highest BCUT2D eigenvalue weighted by atomic mass is 32.1. The van der Waals surface area contributed by atoms with Crippen LogP contribution in [0.4, 0.5) is 5.82 Å². The van der Waals surface area contributed by atoms with Gasteiger partial charge in [0.05, 0.1) is 12.1 Å². The fourth-order valence-corrected chi connectivity index (χ4v) is 2.07. The van der Waals surface area contributed by atoms with E-state index in [1.807, 2.05) is 33.8 Å². The number of nitrogens with two attached hydrogens (primary N) is 1. The molecule has 0 bridgehead atoms. The van der Waals surface area contributed by atoms with Crippen molar-refractivity contribution in [2.75, 3.05) is 11.9 Å². The molecule has 0 aliphatic rings. The van der Waals surface area contributed by atoms with Crippen LogP contribution in [0.15, 0.2) is 6.07 Å². The molecule has 6 heteroatoms. The van der Waals surface area contributed by atoms with Gasteiger partial charge in [0.1, 0.15) is 10.8 Å². The highest BCUT2D eigenvalue weighted by Crippen LogP contribution is 2.18. The number of hydrogen-bond donors (Lipinski definition) is 3. The third kappa shape index (κ3) is 4.48. The zero-order valence-corrected chi connectivity index (χ0v) is 12.5. The zero-order chi connectivity index (χ0) is 14.6. The number of amides is 1. The average molecular weight is 280 g/mol. The van der Waals surface area contributed by atoms with E-state index in [-0.39, 0.29) is 23.5 Å². The van der Waals surface area contributed by atoms with Crippen molar-refractivity contribution >= 4 is 28.9 Å². The second kappa shape index (κ2) is 6.47. The van der Waals surface area contributed by atoms with Gasteiger partial charge < -0.3 is 16.4 Å². The number of nitrogens with one attached hydrogen (secondary N) is 2. The topological polar surface area (TPSA) is 80.0 Å². The first kappa shape index (κ1) is 15.4. The van der Waals surface area contributed by atoms with E-state index < -0.39 is 0 Å². The Balaban J connectivity index is 2.88. The highest BCUT2D eigenvalue weighted by molar-refractivity contribution is 7.80. The summed E-state index contributed by atoms with van der Waals surface area (Å²) in [4.78, 5) is 16.2. The van der Waals surface area contributed by atoms with Crippen LogP contribution < -0.4 is 16.4 Å². The molecule has 1 heterocycles. The SMILES string of the molecule is Cc1cc(C)c(C(N)=S)c(NCC(=O)NC(C)C)n1. The minimum absolute atomic E-state index is 0.0927. The quantitative estimate of drug-likeness (QED) is 0.708. The predicted octanol–water partition coefficient (Wildman–Crippen LogP) is 1.27. The first-order valence-corrected chi connectivity index (χ1v) is 6.53. The molecule has 0 saturated carbocycles. The minimum atomic E-state index is -0.0927. The molecule has 1 aromatic heterocycles. The Hall–Kier alpha value is -1.69. The molecule has 0 aliphatic heterocycles. The number of nitrogens with zero attached hydrogens (tertiary/aromatic N) is 1. The van der Waals surface area contributed by atoms with E-state index in [9.17, 15) is 4.79 Å². The molecular formula is C13H20N4OS. The molecular weight excluding hydrogens is 260 g/mol. The maximum atomic E-state index is 11.6. The number of rotatable bonds is 5. The van der Waals surface area contributed by atoms with Crippen LogP contribution in [0.2, 0.25) is 0 Å². The molecule has 1 rings (SSSR count). The van der Waals surface area contributed by atoms with Gasteiger partial charge in [-0.05, 0) is 39.3 Å². The Kier molecular flexibility index (Phi) is 5.23. The van der Waals surface area contributed by atoms with E-state index in [0.29, 0.717) is 11.4 Å². The molecule has 19 heavy (non-hydrogen) atoms. The number of aryl methyl sites for hydroxylation is 2. The van der Waals surface area contributed by atoms with Gasteiger partial charge in [-0.2, -0.15) is 0 Å². The molecule has 0 saturated heterocycles. The Labute approximate surface area is 119 Å². The first-order chi connectivity index (χ1) is 8.81. The molecule has 0 radical (unpaired) electrons. The molecule has 0 aromatic carbocycles. The van der Waals surface area contributed by atoms with Gasteiger partial charge in [0.25, 0.3) is 0 Å². The van der Waals surface area contributed by atoms with Crippen LogP contribution in [-0.2, 0) is 4.79 Å². The fourth-order valence-electron chi connectivity index (χ4n) is 1.81. The molecule has 4 N–H and O–H groups in total. The van der Waals surface area contributed by atoms with E-state index in [1.54, 1.807) is 0 Å². The number of pyridine rings is 1. The van der Waals surface area contributed by atoms with Gasteiger partial charge in [-0.25, -0.2) is 4.98 Å². The van der Waals surface area contributed by atoms with Gasteiger partial charge in [-0.15, -0.1) is 0 Å². The fraction of sp³-hybridized carbons (Fsp3) is 0.462. The summed E-state index contributed by atoms with van der Waals surface area (Å²) in [6, 6.07) is 2.02. The largest absolute Gasteiger partial charge is 0.389 e. The maximum absolute atomic E-state index is 11.6. The summed E-state index contributed by atoms with van der Waals surface area (Å²) in [5.74, 6) is 0.466. The third-order valence-electron chi connectivity index (χ3n) is 2.46. The van der Waals surface area contributed by atoms with Crippen LogP contribution in [0.1, 0.15) is 30.7 Å². The van der Waals surface area contributed by atoms with Gasteiger partial charge in [0.15, 0.2) is 0 Å². The molecule has 0 fully saturated rings. The van der Waals surface area contributed by atoms with Crippen molar-refractivity contribution in [3.05, 3.63) is 22.9 Å². The second-order valence-electron chi connectivity index (χ2n) is 4.74. The van der Waals surface area contributed by atoms with E-state index in [4.69, 9.17) is 18.0 Å². The Bertz CT molecular complexity index is 500. The monoisotopic (exact) mass is 280 g/mol. The van der Waals surface area contributed by atoms with Gasteiger partial charge in [0, 0.05) is 11.7 Å². The number of thiocarbonyl (C=S) groups is 1. The standard InChI is InChI=1S/C13H20N4OS/c1-7(2)16-10(18)6-15-13-11(12(14)19)8(3)5-9(4)17-13/h5,7H,6H2,1-4H3,(H2,14,19)(H,15,17)(H,16,18). The van der Waals surface area contributed by atoms with Crippen molar-refractivity contribution < 1.29 is 4.79 Å². The highest BCUT2D eigenvalue weighted by Gasteiger charge is 2.12. The summed E-state index contributed by atoms with van der Waals surface area (Å²) in [5.41, 5.74) is 8.20. The average Bonchev–Trinajstić information content (AvgIpc) is 2.23. The van der Waals surface area contributed by atoms with Crippen LogP contribution >= 0.6 is 12.2 Å². The summed E-state index contributed by atoms with van der Waals surface area (Å²) in [6.07, 6.45) is 0. The van der Waals surface area contributed by atoms with Crippen molar-refractivity contribution in [1.82, 2.24) is 10.3 Å². The van der Waals surface area contributed by atoms with Crippen molar-refractivity contribution in [1.29, 1.82) is 0 Å². The second-order valence-corrected chi connectivity index (χ2v) is 5.18. The lowest BCUT2D eigenvalue weighted by molar-refractivity contribution is -0.119. The number of hydrogen-bond acceptors (Lipinski definition) is 4. The van der Waals surface area contributed by atoms with Crippen molar-refractivity contribution in [2.24, 2.45) is 5.73 Å². The van der Waals surface area contributed by atoms with E-state index in [2.05, 4.69) is 15.6 Å². The lowest BCUT2D eigenvalue weighted by Crippen LogP contribution is -2.35. The molecule has 0 spiro atoms. The summed E-state index contributed by atoms with van der Waals surface area (Å²) in [5, 5.41) is 5.79. The maximum Gasteiger partial charge on any atom is 0.239 e. The van der Waals surface area contributed by atoms with E-state index >= 15 is 0 Å². The summed E-state index contributed by atoms with van der Waals surface area (Å²) in [7, 11) is 0. The summed E-state index contributed by atoms with van der Waals surface area (Å²) < 4.78 is 0. The molecule has 1 aromatic rings. The smallest absolute Gasteiger partial charge is 0.239 e. The third-order valence-corrected chi connectivity index (χ3v) is 2.66. The lowest BCUT2D eigenvalue weighted by Gasteiger charge is -2.14. The van der Waals surface area contributed by atoms with Gasteiger partial charge in [-0.3, -0.25) is 4.79 Å². The zero-order valence-electron chi connectivity index (χ0n) is 11.7. The van der Waals surface area contributed by atoms with Crippen LogP contribution in [0.5, 0.6) is 0 Å². The molecule has 0 unspecified atom stereocenters. The van der Waals surface area contributed by atoms with Crippen molar-refractivity contribution in [2.45, 2.75) is 33.7 Å². The molecule has 104 valence electrons. The molecule has 1 amide bonds. The summed E-state index contributed by atoms with van der Waals surface area (Å²) >= 11 is 5.03. The van der Waals surface area contributed by atoms with Crippen LogP contribution in [0.3, 0.4) is 0 Å². The lowest BCUT2D eigenvalue weighted by atomic mass is 10.1. The predicted molar refractivity (Wildman–Crippen MR) is 81.4 cm³/mol. The number of carbonyl (C=O) groups is 1. The van der Waals surface area contributed by atoms with E-state index in [1.165, 1.54) is 0 Å². The Morgan fingerprint density at radius 2 is 2.11 bits per heavy atom. The number of anilines is 1. The molecule has 5 nitrogen and oxygen atoms in total. The number of aromatic nitrogens is 1. The summed E-state index contributed by atoms with van der Waals surface area (Å²) in [6.45, 7) is 7.77. The van der Waals surface area contributed by atoms with Crippen LogP contribution in [0.25, 0.3) is 0 Å². The van der Waals surface area contributed by atoms with Crippen LogP contribution in [0, 0.1) is 13.8 Å². The first-order valence-electron chi connectivity index (χ1n) is 6.12. The van der Waals surface area contributed by atoms with Crippen LogP contribution in [-0.4, -0.2) is 28.5 Å². The van der Waals surface area contributed by atoms with E-state index in [0.717, 1.165) is 11.3 Å².